The summed E-state index contributed by atoms with van der Waals surface area (Å²) in [6.45, 7) is 5.96. The Kier molecular flexibility index (Phi) is 3.90. The van der Waals surface area contributed by atoms with Gasteiger partial charge < -0.3 is 5.11 Å². The molecule has 4 nitrogen and oxygen atoms in total. The molecule has 0 amide bonds. The molecule has 0 aliphatic carbocycles. The highest BCUT2D eigenvalue weighted by atomic mass is 79.9. The van der Waals surface area contributed by atoms with Gasteiger partial charge in [-0.3, -0.25) is 9.89 Å². The van der Waals surface area contributed by atoms with Crippen LogP contribution >= 0.6 is 15.9 Å². The molecule has 0 fully saturated rings. The van der Waals surface area contributed by atoms with Crippen LogP contribution < -0.4 is 0 Å². The molecule has 1 aromatic rings. The van der Waals surface area contributed by atoms with E-state index in [4.69, 9.17) is 5.11 Å². The van der Waals surface area contributed by atoms with Crippen LogP contribution in [0.1, 0.15) is 37.4 Å². The van der Waals surface area contributed by atoms with Crippen molar-refractivity contribution >= 4 is 21.9 Å². The molecule has 5 heteroatoms. The van der Waals surface area contributed by atoms with Crippen molar-refractivity contribution in [3.63, 3.8) is 0 Å². The van der Waals surface area contributed by atoms with Crippen LogP contribution in [0.5, 0.6) is 0 Å². The van der Waals surface area contributed by atoms with Gasteiger partial charge in [-0.15, -0.1) is 0 Å². The average Bonchev–Trinajstić information content (AvgIpc) is 2.44. The first kappa shape index (κ1) is 12.2. The van der Waals surface area contributed by atoms with E-state index in [1.807, 2.05) is 20.8 Å². The van der Waals surface area contributed by atoms with Crippen molar-refractivity contribution in [3.05, 3.63) is 15.9 Å². The fourth-order valence-corrected chi connectivity index (χ4v) is 1.91. The van der Waals surface area contributed by atoms with Gasteiger partial charge in [-0.05, 0) is 28.8 Å². The largest absolute Gasteiger partial charge is 0.481 e. The zero-order valence-electron chi connectivity index (χ0n) is 9.04. The van der Waals surface area contributed by atoms with Crippen LogP contribution in [-0.4, -0.2) is 21.3 Å². The molecule has 0 aliphatic rings. The highest BCUT2D eigenvalue weighted by Gasteiger charge is 2.23. The number of halogens is 1. The highest BCUT2D eigenvalue weighted by molar-refractivity contribution is 9.10. The van der Waals surface area contributed by atoms with Crippen LogP contribution in [0.3, 0.4) is 0 Å². The molecule has 0 aromatic carbocycles. The number of nitrogens with one attached hydrogen (secondary N) is 1. The molecule has 2 N–H and O–H groups in total. The zero-order valence-corrected chi connectivity index (χ0v) is 10.6. The maximum atomic E-state index is 10.8. The molecule has 0 bridgehead atoms. The Bertz CT molecular complexity index is 360. The van der Waals surface area contributed by atoms with E-state index in [1.54, 1.807) is 0 Å². The molecule has 1 atom stereocenters. The van der Waals surface area contributed by atoms with Gasteiger partial charge in [0.2, 0.25) is 0 Å². The normalized spacial score (nSPS) is 13.1. The molecular formula is C10H15BrN2O2. The van der Waals surface area contributed by atoms with Crippen molar-refractivity contribution in [2.24, 2.45) is 5.92 Å². The first-order chi connectivity index (χ1) is 6.93. The second-order valence-electron chi connectivity index (χ2n) is 4.00. The second-order valence-corrected chi connectivity index (χ2v) is 4.75. The predicted octanol–water partition coefficient (Wildman–Crippen LogP) is 2.69. The van der Waals surface area contributed by atoms with E-state index in [1.165, 1.54) is 0 Å². The minimum atomic E-state index is -0.779. The number of hydrogen-bond donors (Lipinski definition) is 2. The first-order valence-electron chi connectivity index (χ1n) is 4.85. The number of H-pyrrole nitrogens is 1. The van der Waals surface area contributed by atoms with E-state index in [-0.39, 0.29) is 18.3 Å². The molecule has 1 unspecified atom stereocenters. The molecule has 84 valence electrons. The van der Waals surface area contributed by atoms with Crippen LogP contribution in [0.25, 0.3) is 0 Å². The van der Waals surface area contributed by atoms with Gasteiger partial charge in [0.25, 0.3) is 0 Å². The van der Waals surface area contributed by atoms with Gasteiger partial charge >= 0.3 is 5.97 Å². The molecule has 0 spiro atoms. The molecule has 0 aliphatic heterocycles. The summed E-state index contributed by atoms with van der Waals surface area (Å²) in [7, 11) is 0. The third kappa shape index (κ3) is 2.81. The van der Waals surface area contributed by atoms with Crippen molar-refractivity contribution < 1.29 is 9.90 Å². The summed E-state index contributed by atoms with van der Waals surface area (Å²) in [6.07, 6.45) is 0.132. The van der Waals surface area contributed by atoms with Crippen LogP contribution in [0.4, 0.5) is 0 Å². The summed E-state index contributed by atoms with van der Waals surface area (Å²) in [5.41, 5.74) is 1.91. The number of nitrogens with zero attached hydrogens (tertiary/aromatic N) is 1. The van der Waals surface area contributed by atoms with Crippen molar-refractivity contribution in [2.75, 3.05) is 0 Å². The van der Waals surface area contributed by atoms with Gasteiger partial charge in [-0.25, -0.2) is 0 Å². The predicted molar refractivity (Wildman–Crippen MR) is 60.9 cm³/mol. The number of carboxylic acid groups (broad SMARTS) is 1. The maximum Gasteiger partial charge on any atom is 0.304 e. The monoisotopic (exact) mass is 274 g/mol. The standard InChI is InChI=1S/C10H15BrN2O2/c1-5(2)7(4-8(14)15)9-6(3)10(11)13-12-9/h5,7H,4H2,1-3H3,(H,12,13)(H,14,15). The lowest BCUT2D eigenvalue weighted by Crippen LogP contribution is -2.13. The average molecular weight is 275 g/mol. The van der Waals surface area contributed by atoms with E-state index < -0.39 is 5.97 Å². The molecule has 15 heavy (non-hydrogen) atoms. The van der Waals surface area contributed by atoms with Crippen LogP contribution in [0.15, 0.2) is 4.60 Å². The Balaban J connectivity index is 2.99. The molecule has 0 radical (unpaired) electrons. The maximum absolute atomic E-state index is 10.8. The van der Waals surface area contributed by atoms with Crippen molar-refractivity contribution in [2.45, 2.75) is 33.1 Å². The Morgan fingerprint density at radius 3 is 2.53 bits per heavy atom. The van der Waals surface area contributed by atoms with Crippen molar-refractivity contribution in [1.29, 1.82) is 0 Å². The zero-order chi connectivity index (χ0) is 11.6. The van der Waals surface area contributed by atoms with Crippen molar-refractivity contribution in [1.82, 2.24) is 10.2 Å². The third-order valence-electron chi connectivity index (χ3n) is 2.56. The molecule has 1 rings (SSSR count). The molecular weight excluding hydrogens is 260 g/mol. The van der Waals surface area contributed by atoms with E-state index in [0.29, 0.717) is 0 Å². The Labute approximate surface area is 97.2 Å². The number of carbonyl (C=O) groups is 1. The number of rotatable bonds is 4. The number of aromatic nitrogens is 2. The summed E-state index contributed by atoms with van der Waals surface area (Å²) >= 11 is 3.31. The second kappa shape index (κ2) is 4.79. The minimum absolute atomic E-state index is 0.0127. The van der Waals surface area contributed by atoms with Gasteiger partial charge in [0, 0.05) is 17.2 Å². The van der Waals surface area contributed by atoms with Crippen LogP contribution in [0, 0.1) is 12.8 Å². The van der Waals surface area contributed by atoms with Crippen LogP contribution in [-0.2, 0) is 4.79 Å². The topological polar surface area (TPSA) is 66.0 Å². The smallest absolute Gasteiger partial charge is 0.304 e. The molecule has 1 heterocycles. The summed E-state index contributed by atoms with van der Waals surface area (Å²) in [5.74, 6) is -0.521. The van der Waals surface area contributed by atoms with E-state index in [9.17, 15) is 4.79 Å². The lowest BCUT2D eigenvalue weighted by atomic mass is 9.88. The number of carboxylic acids is 1. The quantitative estimate of drug-likeness (QED) is 0.887. The summed E-state index contributed by atoms with van der Waals surface area (Å²) < 4.78 is 0.758. The van der Waals surface area contributed by atoms with E-state index in [0.717, 1.165) is 15.9 Å². The van der Waals surface area contributed by atoms with Gasteiger partial charge in [0.15, 0.2) is 0 Å². The van der Waals surface area contributed by atoms with Crippen LogP contribution in [0.2, 0.25) is 0 Å². The summed E-state index contributed by atoms with van der Waals surface area (Å²) in [4.78, 5) is 10.8. The Morgan fingerprint density at radius 1 is 1.60 bits per heavy atom. The Hall–Kier alpha value is -0.840. The van der Waals surface area contributed by atoms with Crippen molar-refractivity contribution in [3.8, 4) is 0 Å². The van der Waals surface area contributed by atoms with E-state index >= 15 is 0 Å². The number of aromatic amines is 1. The first-order valence-corrected chi connectivity index (χ1v) is 5.65. The summed E-state index contributed by atoms with van der Waals surface area (Å²) in [5, 5.41) is 15.8. The summed E-state index contributed by atoms with van der Waals surface area (Å²) in [6, 6.07) is 0. The number of hydrogen-bond acceptors (Lipinski definition) is 2. The third-order valence-corrected chi connectivity index (χ3v) is 3.33. The highest BCUT2D eigenvalue weighted by Crippen LogP contribution is 2.31. The van der Waals surface area contributed by atoms with Gasteiger partial charge in [0.05, 0.1) is 6.42 Å². The lowest BCUT2D eigenvalue weighted by Gasteiger charge is -2.18. The van der Waals surface area contributed by atoms with Gasteiger partial charge in [0.1, 0.15) is 4.60 Å². The number of aliphatic carboxylic acids is 1. The molecule has 0 saturated carbocycles. The van der Waals surface area contributed by atoms with Gasteiger partial charge in [-0.2, -0.15) is 5.10 Å². The fourth-order valence-electron chi connectivity index (χ4n) is 1.61. The Morgan fingerprint density at radius 2 is 2.20 bits per heavy atom. The minimum Gasteiger partial charge on any atom is -0.481 e. The molecule has 1 aromatic heterocycles. The lowest BCUT2D eigenvalue weighted by molar-refractivity contribution is -0.137. The van der Waals surface area contributed by atoms with Gasteiger partial charge in [-0.1, -0.05) is 13.8 Å². The fraction of sp³-hybridized carbons (Fsp3) is 0.600. The molecule has 0 saturated heterocycles. The van der Waals surface area contributed by atoms with E-state index in [2.05, 4.69) is 26.1 Å². The SMILES string of the molecule is Cc1c(Br)n[nH]c1C(CC(=O)O)C(C)C.